The van der Waals surface area contributed by atoms with Gasteiger partial charge >= 0.3 is 6.92 Å². The lowest BCUT2D eigenvalue weighted by atomic mass is 9.54. The Bertz CT molecular complexity index is 409. The molecule has 92 valence electrons. The molecule has 0 saturated carbocycles. The van der Waals surface area contributed by atoms with Crippen LogP contribution in [0.4, 0.5) is 0 Å². The zero-order chi connectivity index (χ0) is 12.8. The first-order valence-electron chi connectivity index (χ1n) is 6.03. The minimum Gasteiger partial charge on any atom is -0.426 e. The second kappa shape index (κ2) is 3.99. The predicted octanol–water partition coefficient (Wildman–Crippen LogP) is 3.08. The smallest absolute Gasteiger partial charge is 0.328 e. The maximum Gasteiger partial charge on any atom is 0.328 e. The fourth-order valence-electron chi connectivity index (χ4n) is 2.29. The van der Waals surface area contributed by atoms with Crippen LogP contribution in [-0.4, -0.2) is 17.5 Å². The minimum absolute atomic E-state index is 0.110. The van der Waals surface area contributed by atoms with Gasteiger partial charge in [0.25, 0.3) is 0 Å². The molecule has 17 heavy (non-hydrogen) atoms. The summed E-state index contributed by atoms with van der Waals surface area (Å²) >= 11 is 6.00. The molecule has 2 rings (SSSR count). The summed E-state index contributed by atoms with van der Waals surface area (Å²) in [5, 5.41) is 0.547. The number of nitrogens with zero attached hydrogens (tertiary/aromatic N) is 1. The second-order valence-electron chi connectivity index (χ2n) is 6.07. The van der Waals surface area contributed by atoms with Crippen molar-refractivity contribution in [1.29, 1.82) is 0 Å². The van der Waals surface area contributed by atoms with Gasteiger partial charge in [0.1, 0.15) is 5.15 Å². The molecule has 0 bridgehead atoms. The van der Waals surface area contributed by atoms with Crippen molar-refractivity contribution < 1.29 is 4.65 Å². The number of pyridine rings is 1. The highest BCUT2D eigenvalue weighted by atomic mass is 35.5. The fourth-order valence-corrected chi connectivity index (χ4v) is 2.55. The topological polar surface area (TPSA) is 22.1 Å². The van der Waals surface area contributed by atoms with Crippen LogP contribution in [0.3, 0.4) is 0 Å². The molecule has 1 aliphatic rings. The molecule has 0 unspecified atom stereocenters. The number of aryl methyl sites for hydroxylation is 1. The van der Waals surface area contributed by atoms with Gasteiger partial charge in [-0.3, -0.25) is 0 Å². The van der Waals surface area contributed by atoms with Crippen molar-refractivity contribution in [3.05, 3.63) is 23.0 Å². The van der Waals surface area contributed by atoms with Gasteiger partial charge in [-0.25, -0.2) is 4.98 Å². The van der Waals surface area contributed by atoms with Gasteiger partial charge in [-0.2, -0.15) is 0 Å². The highest BCUT2D eigenvalue weighted by Crippen LogP contribution is 2.45. The standard InChI is InChI=1S/C13H19BClNO/c1-9-6-10(7-11(15)16-9)14-8-12(2,3)13(4,5)17-14/h6-7H,8H2,1-5H3. The summed E-state index contributed by atoms with van der Waals surface area (Å²) in [7, 11) is 0. The molecule has 0 spiro atoms. The number of rotatable bonds is 1. The van der Waals surface area contributed by atoms with Gasteiger partial charge in [-0.15, -0.1) is 0 Å². The van der Waals surface area contributed by atoms with E-state index in [0.717, 1.165) is 17.5 Å². The molecule has 0 aromatic carbocycles. The highest BCUT2D eigenvalue weighted by molar-refractivity contribution is 6.68. The van der Waals surface area contributed by atoms with Gasteiger partial charge < -0.3 is 4.65 Å². The lowest BCUT2D eigenvalue weighted by Gasteiger charge is -2.34. The van der Waals surface area contributed by atoms with Gasteiger partial charge in [0.05, 0.1) is 5.60 Å². The maximum absolute atomic E-state index is 6.17. The summed E-state index contributed by atoms with van der Waals surface area (Å²) in [6, 6.07) is 3.98. The fraction of sp³-hybridized carbons (Fsp3) is 0.615. The lowest BCUT2D eigenvalue weighted by Crippen LogP contribution is -2.36. The highest BCUT2D eigenvalue weighted by Gasteiger charge is 2.49. The van der Waals surface area contributed by atoms with Crippen LogP contribution in [0.5, 0.6) is 0 Å². The molecule has 1 aliphatic heterocycles. The SMILES string of the molecule is Cc1cc(B2CC(C)(C)C(C)(C)O2)cc(Cl)n1. The van der Waals surface area contributed by atoms with Gasteiger partial charge in [0.2, 0.25) is 0 Å². The summed E-state index contributed by atoms with van der Waals surface area (Å²) < 4.78 is 6.17. The first kappa shape index (κ1) is 12.9. The molecule has 0 aliphatic carbocycles. The van der Waals surface area contributed by atoms with Crippen LogP contribution in [0.15, 0.2) is 12.1 Å². The molecule has 1 aromatic heterocycles. The average Bonchev–Trinajstić information content (AvgIpc) is 2.34. The first-order chi connectivity index (χ1) is 7.71. The molecule has 0 radical (unpaired) electrons. The quantitative estimate of drug-likeness (QED) is 0.565. The average molecular weight is 252 g/mol. The molecule has 2 heterocycles. The van der Waals surface area contributed by atoms with Crippen LogP contribution < -0.4 is 5.46 Å². The Hall–Kier alpha value is -0.535. The zero-order valence-corrected chi connectivity index (χ0v) is 11.9. The third-order valence-electron chi connectivity index (χ3n) is 4.08. The minimum atomic E-state index is -0.110. The van der Waals surface area contributed by atoms with Gasteiger partial charge in [-0.1, -0.05) is 25.4 Å². The van der Waals surface area contributed by atoms with Crippen molar-refractivity contribution in [1.82, 2.24) is 4.98 Å². The van der Waals surface area contributed by atoms with E-state index in [1.54, 1.807) is 0 Å². The number of aromatic nitrogens is 1. The van der Waals surface area contributed by atoms with Gasteiger partial charge in [-0.05, 0) is 50.1 Å². The molecule has 0 atom stereocenters. The number of halogens is 1. The molecule has 1 saturated heterocycles. The van der Waals surface area contributed by atoms with Crippen molar-refractivity contribution in [2.45, 2.75) is 46.5 Å². The van der Waals surface area contributed by atoms with E-state index in [2.05, 4.69) is 38.7 Å². The molecule has 1 fully saturated rings. The van der Waals surface area contributed by atoms with Crippen LogP contribution in [0.2, 0.25) is 11.5 Å². The Morgan fingerprint density at radius 3 is 2.41 bits per heavy atom. The Labute approximate surface area is 109 Å². The summed E-state index contributed by atoms with van der Waals surface area (Å²) in [6.45, 7) is 10.9. The summed E-state index contributed by atoms with van der Waals surface area (Å²) in [4.78, 5) is 4.19. The molecule has 0 amide bonds. The van der Waals surface area contributed by atoms with Crippen LogP contribution in [0.25, 0.3) is 0 Å². The van der Waals surface area contributed by atoms with Crippen molar-refractivity contribution in [2.24, 2.45) is 5.41 Å². The summed E-state index contributed by atoms with van der Waals surface area (Å²) in [6.07, 6.45) is 1.01. The van der Waals surface area contributed by atoms with Crippen LogP contribution >= 0.6 is 11.6 Å². The van der Waals surface area contributed by atoms with Crippen LogP contribution in [-0.2, 0) is 4.65 Å². The lowest BCUT2D eigenvalue weighted by molar-refractivity contribution is 0.0375. The van der Waals surface area contributed by atoms with E-state index >= 15 is 0 Å². The van der Waals surface area contributed by atoms with Crippen molar-refractivity contribution in [3.8, 4) is 0 Å². The van der Waals surface area contributed by atoms with Gasteiger partial charge in [0.15, 0.2) is 0 Å². The van der Waals surface area contributed by atoms with Crippen LogP contribution in [0.1, 0.15) is 33.4 Å². The Morgan fingerprint density at radius 2 is 1.94 bits per heavy atom. The predicted molar refractivity (Wildman–Crippen MR) is 73.1 cm³/mol. The summed E-state index contributed by atoms with van der Waals surface area (Å²) in [5.41, 5.74) is 2.14. The van der Waals surface area contributed by atoms with E-state index in [-0.39, 0.29) is 17.9 Å². The molecular formula is C13H19BClNO. The second-order valence-corrected chi connectivity index (χ2v) is 6.46. The van der Waals surface area contributed by atoms with Crippen molar-refractivity contribution in [3.63, 3.8) is 0 Å². The molecule has 2 nitrogen and oxygen atoms in total. The van der Waals surface area contributed by atoms with E-state index in [1.165, 1.54) is 0 Å². The monoisotopic (exact) mass is 251 g/mol. The first-order valence-corrected chi connectivity index (χ1v) is 6.41. The molecule has 0 N–H and O–H groups in total. The zero-order valence-electron chi connectivity index (χ0n) is 11.2. The third-order valence-corrected chi connectivity index (χ3v) is 4.27. The molecule has 1 aromatic rings. The largest absolute Gasteiger partial charge is 0.426 e. The Kier molecular flexibility index (Phi) is 3.03. The van der Waals surface area contributed by atoms with Gasteiger partial charge in [0, 0.05) is 5.69 Å². The van der Waals surface area contributed by atoms with E-state index < -0.39 is 0 Å². The number of hydrogen-bond acceptors (Lipinski definition) is 2. The molecular weight excluding hydrogens is 232 g/mol. The Balaban J connectivity index is 2.32. The summed E-state index contributed by atoms with van der Waals surface area (Å²) in [5.74, 6) is 0. The third kappa shape index (κ3) is 2.36. The van der Waals surface area contributed by atoms with E-state index in [9.17, 15) is 0 Å². The molecule has 4 heteroatoms. The Morgan fingerprint density at radius 1 is 1.29 bits per heavy atom. The maximum atomic E-state index is 6.17. The van der Waals surface area contributed by atoms with Crippen molar-refractivity contribution in [2.75, 3.05) is 0 Å². The number of hydrogen-bond donors (Lipinski definition) is 0. The van der Waals surface area contributed by atoms with E-state index in [4.69, 9.17) is 16.3 Å². The normalized spacial score (nSPS) is 21.9. The van der Waals surface area contributed by atoms with Crippen molar-refractivity contribution >= 4 is 24.0 Å². The van der Waals surface area contributed by atoms with E-state index in [0.29, 0.717) is 5.15 Å². The van der Waals surface area contributed by atoms with E-state index in [1.807, 2.05) is 13.0 Å². The van der Waals surface area contributed by atoms with Crippen LogP contribution in [0, 0.1) is 12.3 Å².